The van der Waals surface area contributed by atoms with Gasteiger partial charge in [-0.25, -0.2) is 0 Å². The van der Waals surface area contributed by atoms with Crippen molar-refractivity contribution in [2.24, 2.45) is 17.3 Å². The molecule has 2 fully saturated rings. The predicted molar refractivity (Wildman–Crippen MR) is 64.0 cm³/mol. The second-order valence-electron chi connectivity index (χ2n) is 5.63. The Hall–Kier alpha value is -0.630. The van der Waals surface area contributed by atoms with Crippen LogP contribution in [0.4, 0.5) is 0 Å². The molecule has 0 unspecified atom stereocenters. The summed E-state index contributed by atoms with van der Waals surface area (Å²) in [6, 6.07) is 0. The maximum atomic E-state index is 12.1. The van der Waals surface area contributed by atoms with Crippen LogP contribution >= 0.6 is 0 Å². The van der Waals surface area contributed by atoms with E-state index in [4.69, 9.17) is 0 Å². The molecule has 90 valence electrons. The van der Waals surface area contributed by atoms with E-state index in [1.807, 2.05) is 6.08 Å². The number of carbonyl (C=O) groups is 1. The van der Waals surface area contributed by atoms with Crippen molar-refractivity contribution in [3.05, 3.63) is 12.7 Å². The van der Waals surface area contributed by atoms with Gasteiger partial charge in [0.2, 0.25) is 0 Å². The Labute approximate surface area is 97.7 Å². The molecule has 2 aliphatic carbocycles. The number of aliphatic hydroxyl groups is 1. The van der Waals surface area contributed by atoms with Crippen molar-refractivity contribution in [2.45, 2.75) is 51.6 Å². The Kier molecular flexibility index (Phi) is 3.20. The molecule has 0 amide bonds. The lowest BCUT2D eigenvalue weighted by molar-refractivity contribution is -0.144. The highest BCUT2D eigenvalue weighted by atomic mass is 16.3. The quantitative estimate of drug-likeness (QED) is 0.729. The predicted octanol–water partition coefficient (Wildman–Crippen LogP) is 2.71. The SMILES string of the molecule is C=CC[C@H]1[C@H](O)CC[C@@]2(C)C(=O)CCC[C@H]12. The molecule has 0 aromatic heterocycles. The molecule has 2 rings (SSSR count). The van der Waals surface area contributed by atoms with Gasteiger partial charge in [-0.05, 0) is 43.9 Å². The first-order valence-corrected chi connectivity index (χ1v) is 6.42. The summed E-state index contributed by atoms with van der Waals surface area (Å²) in [7, 11) is 0. The van der Waals surface area contributed by atoms with Gasteiger partial charge in [-0.2, -0.15) is 0 Å². The summed E-state index contributed by atoms with van der Waals surface area (Å²) in [5, 5.41) is 10.1. The van der Waals surface area contributed by atoms with E-state index >= 15 is 0 Å². The van der Waals surface area contributed by atoms with Gasteiger partial charge in [-0.3, -0.25) is 4.79 Å². The van der Waals surface area contributed by atoms with Crippen molar-refractivity contribution in [3.63, 3.8) is 0 Å². The third-order valence-corrected chi connectivity index (χ3v) is 4.78. The summed E-state index contributed by atoms with van der Waals surface area (Å²) in [6.07, 6.45) is 6.97. The molecule has 0 bridgehead atoms. The number of Topliss-reactive ketones (excluding diaryl/α,β-unsaturated/α-hetero) is 1. The van der Waals surface area contributed by atoms with Crippen LogP contribution in [0.5, 0.6) is 0 Å². The van der Waals surface area contributed by atoms with Crippen molar-refractivity contribution in [1.29, 1.82) is 0 Å². The second kappa shape index (κ2) is 4.33. The first-order valence-electron chi connectivity index (χ1n) is 6.42. The monoisotopic (exact) mass is 222 g/mol. The van der Waals surface area contributed by atoms with Gasteiger partial charge < -0.3 is 5.11 Å². The molecule has 2 heteroatoms. The van der Waals surface area contributed by atoms with Gasteiger partial charge in [0.25, 0.3) is 0 Å². The molecule has 0 aromatic rings. The fourth-order valence-corrected chi connectivity index (χ4v) is 3.75. The number of hydrogen-bond donors (Lipinski definition) is 1. The Bertz CT molecular complexity index is 297. The fourth-order valence-electron chi connectivity index (χ4n) is 3.75. The lowest BCUT2D eigenvalue weighted by Gasteiger charge is -2.49. The zero-order valence-electron chi connectivity index (χ0n) is 10.1. The van der Waals surface area contributed by atoms with Gasteiger partial charge in [0.1, 0.15) is 5.78 Å². The van der Waals surface area contributed by atoms with E-state index in [1.165, 1.54) is 0 Å². The van der Waals surface area contributed by atoms with E-state index in [9.17, 15) is 9.90 Å². The molecule has 0 radical (unpaired) electrons. The number of fused-ring (bicyclic) bond motifs is 1. The molecule has 16 heavy (non-hydrogen) atoms. The molecule has 1 N–H and O–H groups in total. The molecular formula is C14H22O2. The van der Waals surface area contributed by atoms with Gasteiger partial charge in [0.05, 0.1) is 6.10 Å². The minimum absolute atomic E-state index is 0.162. The first kappa shape index (κ1) is 11.8. The van der Waals surface area contributed by atoms with Gasteiger partial charge >= 0.3 is 0 Å². The van der Waals surface area contributed by atoms with E-state index in [-0.39, 0.29) is 17.4 Å². The van der Waals surface area contributed by atoms with Crippen molar-refractivity contribution in [3.8, 4) is 0 Å². The number of hydrogen-bond acceptors (Lipinski definition) is 2. The molecule has 2 aliphatic rings. The third-order valence-electron chi connectivity index (χ3n) is 4.78. The summed E-state index contributed by atoms with van der Waals surface area (Å²) >= 11 is 0. The average Bonchev–Trinajstić information content (AvgIpc) is 2.26. The Morgan fingerprint density at radius 1 is 1.56 bits per heavy atom. The molecule has 4 atom stereocenters. The third kappa shape index (κ3) is 1.73. The minimum Gasteiger partial charge on any atom is -0.393 e. The molecule has 2 nitrogen and oxygen atoms in total. The van der Waals surface area contributed by atoms with Crippen molar-refractivity contribution in [2.75, 3.05) is 0 Å². The van der Waals surface area contributed by atoms with Crippen molar-refractivity contribution in [1.82, 2.24) is 0 Å². The van der Waals surface area contributed by atoms with Crippen LogP contribution in [0.25, 0.3) is 0 Å². The van der Waals surface area contributed by atoms with E-state index in [2.05, 4.69) is 13.5 Å². The maximum absolute atomic E-state index is 12.1. The highest BCUT2D eigenvalue weighted by Crippen LogP contribution is 2.51. The molecule has 2 saturated carbocycles. The highest BCUT2D eigenvalue weighted by Gasteiger charge is 2.50. The molecule has 0 saturated heterocycles. The Morgan fingerprint density at radius 2 is 2.31 bits per heavy atom. The average molecular weight is 222 g/mol. The largest absolute Gasteiger partial charge is 0.393 e. The number of carbonyl (C=O) groups excluding carboxylic acids is 1. The van der Waals surface area contributed by atoms with E-state index < -0.39 is 0 Å². The highest BCUT2D eigenvalue weighted by molar-refractivity contribution is 5.85. The first-order chi connectivity index (χ1) is 7.59. The lowest BCUT2D eigenvalue weighted by atomic mass is 9.55. The fraction of sp³-hybridized carbons (Fsp3) is 0.786. The molecule has 0 spiro atoms. The minimum atomic E-state index is -0.234. The lowest BCUT2D eigenvalue weighted by Crippen LogP contribution is -2.50. The van der Waals surface area contributed by atoms with Crippen molar-refractivity contribution >= 4 is 5.78 Å². The maximum Gasteiger partial charge on any atom is 0.139 e. The summed E-state index contributed by atoms with van der Waals surface area (Å²) < 4.78 is 0. The Morgan fingerprint density at radius 3 is 3.00 bits per heavy atom. The number of rotatable bonds is 2. The van der Waals surface area contributed by atoms with Gasteiger partial charge in [0.15, 0.2) is 0 Å². The van der Waals surface area contributed by atoms with E-state index in [0.717, 1.165) is 38.5 Å². The van der Waals surface area contributed by atoms with Crippen LogP contribution in [-0.2, 0) is 4.79 Å². The van der Waals surface area contributed by atoms with Gasteiger partial charge in [-0.1, -0.05) is 13.0 Å². The Balaban J connectivity index is 2.25. The van der Waals surface area contributed by atoms with Crippen LogP contribution in [0.15, 0.2) is 12.7 Å². The van der Waals surface area contributed by atoms with Gasteiger partial charge in [-0.15, -0.1) is 6.58 Å². The number of aliphatic hydroxyl groups excluding tert-OH is 1. The second-order valence-corrected chi connectivity index (χ2v) is 5.63. The van der Waals surface area contributed by atoms with E-state index in [1.54, 1.807) is 0 Å². The number of ketones is 1. The van der Waals surface area contributed by atoms with Crippen LogP contribution in [-0.4, -0.2) is 17.0 Å². The van der Waals surface area contributed by atoms with Crippen LogP contribution in [0, 0.1) is 17.3 Å². The van der Waals surface area contributed by atoms with Crippen LogP contribution in [0.1, 0.15) is 45.4 Å². The standard InChI is InChI=1S/C14H22O2/c1-3-5-10-11-6-4-7-13(16)14(11,2)9-8-12(10)15/h3,10-12,15H,1,4-9H2,2H3/t10-,11-,12-,14-/m1/s1. The summed E-state index contributed by atoms with van der Waals surface area (Å²) in [5.74, 6) is 1.04. The van der Waals surface area contributed by atoms with E-state index in [0.29, 0.717) is 11.7 Å². The smallest absolute Gasteiger partial charge is 0.139 e. The van der Waals surface area contributed by atoms with Crippen LogP contribution in [0.3, 0.4) is 0 Å². The summed E-state index contributed by atoms with van der Waals surface area (Å²) in [6.45, 7) is 5.88. The molecular weight excluding hydrogens is 200 g/mol. The van der Waals surface area contributed by atoms with Crippen LogP contribution < -0.4 is 0 Å². The van der Waals surface area contributed by atoms with Crippen LogP contribution in [0.2, 0.25) is 0 Å². The molecule has 0 heterocycles. The topological polar surface area (TPSA) is 37.3 Å². The molecule has 0 aromatic carbocycles. The normalized spacial score (nSPS) is 43.9. The zero-order valence-corrected chi connectivity index (χ0v) is 10.1. The van der Waals surface area contributed by atoms with Gasteiger partial charge in [0, 0.05) is 11.8 Å². The van der Waals surface area contributed by atoms with Crippen molar-refractivity contribution < 1.29 is 9.90 Å². The summed E-state index contributed by atoms with van der Waals surface area (Å²) in [4.78, 5) is 12.1. The number of allylic oxidation sites excluding steroid dienone is 1. The summed E-state index contributed by atoms with van der Waals surface area (Å²) in [5.41, 5.74) is -0.162. The molecule has 0 aliphatic heterocycles. The zero-order chi connectivity index (χ0) is 11.8.